The Morgan fingerprint density at radius 1 is 0.913 bits per heavy atom. The largest absolute Gasteiger partial charge is 0.369 e. The summed E-state index contributed by atoms with van der Waals surface area (Å²) in [5.74, 6) is 0. The Morgan fingerprint density at radius 2 is 1.61 bits per heavy atom. The van der Waals surface area contributed by atoms with Gasteiger partial charge in [-0.3, -0.25) is 4.90 Å². The van der Waals surface area contributed by atoms with Gasteiger partial charge < -0.3 is 4.90 Å². The van der Waals surface area contributed by atoms with Crippen molar-refractivity contribution in [1.82, 2.24) is 4.90 Å². The summed E-state index contributed by atoms with van der Waals surface area (Å²) < 4.78 is 0. The molecule has 3 heteroatoms. The van der Waals surface area contributed by atoms with Crippen LogP contribution in [0, 0.1) is 13.8 Å². The number of benzene rings is 2. The number of halogens is 1. The number of piperazine rings is 1. The molecule has 23 heavy (non-hydrogen) atoms. The minimum absolute atomic E-state index is 0.822. The van der Waals surface area contributed by atoms with Crippen molar-refractivity contribution in [3.63, 3.8) is 0 Å². The molecule has 122 valence electrons. The highest BCUT2D eigenvalue weighted by Crippen LogP contribution is 2.24. The van der Waals surface area contributed by atoms with Gasteiger partial charge in [-0.15, -0.1) is 0 Å². The first-order chi connectivity index (χ1) is 11.1. The van der Waals surface area contributed by atoms with Crippen LogP contribution in [0.5, 0.6) is 0 Å². The summed E-state index contributed by atoms with van der Waals surface area (Å²) >= 11 is 6.06. The zero-order chi connectivity index (χ0) is 16.2. The molecule has 0 aliphatic carbocycles. The fraction of sp³-hybridized carbons (Fsp3) is 0.400. The quantitative estimate of drug-likeness (QED) is 0.824. The van der Waals surface area contributed by atoms with Crippen molar-refractivity contribution in [2.24, 2.45) is 0 Å². The van der Waals surface area contributed by atoms with Crippen LogP contribution in [0.15, 0.2) is 42.5 Å². The monoisotopic (exact) mass is 328 g/mol. The van der Waals surface area contributed by atoms with Crippen LogP contribution in [-0.4, -0.2) is 37.6 Å². The fourth-order valence-electron chi connectivity index (χ4n) is 3.23. The van der Waals surface area contributed by atoms with E-state index in [9.17, 15) is 0 Å². The van der Waals surface area contributed by atoms with E-state index < -0.39 is 0 Å². The summed E-state index contributed by atoms with van der Waals surface area (Å²) in [7, 11) is 0. The topological polar surface area (TPSA) is 6.48 Å². The molecule has 1 heterocycles. The molecule has 0 radical (unpaired) electrons. The number of anilines is 1. The third-order valence-corrected chi connectivity index (χ3v) is 4.94. The maximum Gasteiger partial charge on any atom is 0.0410 e. The summed E-state index contributed by atoms with van der Waals surface area (Å²) in [6.07, 6.45) is 1.14. The molecule has 0 amide bonds. The Labute approximate surface area is 144 Å². The average Bonchev–Trinajstić information content (AvgIpc) is 2.55. The van der Waals surface area contributed by atoms with Gasteiger partial charge >= 0.3 is 0 Å². The second kappa shape index (κ2) is 7.37. The third kappa shape index (κ3) is 4.27. The van der Waals surface area contributed by atoms with Crippen LogP contribution in [0.1, 0.15) is 16.7 Å². The van der Waals surface area contributed by atoms with Crippen LogP contribution in [-0.2, 0) is 6.42 Å². The van der Waals surface area contributed by atoms with E-state index in [1.807, 2.05) is 6.07 Å². The lowest BCUT2D eigenvalue weighted by molar-refractivity contribution is 0.261. The molecular formula is C20H25ClN2. The van der Waals surface area contributed by atoms with Crippen molar-refractivity contribution in [3.05, 3.63) is 64.2 Å². The van der Waals surface area contributed by atoms with E-state index in [4.69, 9.17) is 11.6 Å². The van der Waals surface area contributed by atoms with Gasteiger partial charge in [0.25, 0.3) is 0 Å². The Morgan fingerprint density at radius 3 is 2.26 bits per heavy atom. The molecule has 2 nitrogen and oxygen atoms in total. The Bertz CT molecular complexity index is 643. The van der Waals surface area contributed by atoms with Crippen molar-refractivity contribution in [2.75, 3.05) is 37.6 Å². The van der Waals surface area contributed by atoms with Crippen LogP contribution in [0.25, 0.3) is 0 Å². The third-order valence-electron chi connectivity index (χ3n) is 4.71. The van der Waals surface area contributed by atoms with E-state index >= 15 is 0 Å². The first-order valence-electron chi connectivity index (χ1n) is 8.41. The van der Waals surface area contributed by atoms with Gasteiger partial charge in [-0.25, -0.2) is 0 Å². The number of rotatable bonds is 4. The van der Waals surface area contributed by atoms with Crippen LogP contribution in [0.2, 0.25) is 5.02 Å². The van der Waals surface area contributed by atoms with Gasteiger partial charge in [0.1, 0.15) is 0 Å². The molecule has 0 spiro atoms. The summed E-state index contributed by atoms with van der Waals surface area (Å²) in [6, 6.07) is 15.1. The van der Waals surface area contributed by atoms with Gasteiger partial charge in [0.15, 0.2) is 0 Å². The molecular weight excluding hydrogens is 304 g/mol. The molecule has 3 rings (SSSR count). The van der Waals surface area contributed by atoms with E-state index in [1.54, 1.807) is 0 Å². The Kier molecular flexibility index (Phi) is 5.24. The van der Waals surface area contributed by atoms with E-state index in [0.717, 1.165) is 44.2 Å². The summed E-state index contributed by atoms with van der Waals surface area (Å²) in [5.41, 5.74) is 5.37. The first-order valence-corrected chi connectivity index (χ1v) is 8.78. The van der Waals surface area contributed by atoms with Gasteiger partial charge in [0, 0.05) is 43.4 Å². The number of aryl methyl sites for hydroxylation is 2. The fourth-order valence-corrected chi connectivity index (χ4v) is 3.45. The molecule has 0 unspecified atom stereocenters. The molecule has 0 bridgehead atoms. The Hall–Kier alpha value is -1.51. The molecule has 1 fully saturated rings. The predicted octanol–water partition coefficient (Wildman–Crippen LogP) is 4.32. The molecule has 0 N–H and O–H groups in total. The molecule has 1 aliphatic rings. The molecule has 2 aromatic rings. The lowest BCUT2D eigenvalue weighted by atomic mass is 10.1. The van der Waals surface area contributed by atoms with Gasteiger partial charge in [0.2, 0.25) is 0 Å². The van der Waals surface area contributed by atoms with Crippen LogP contribution in [0.4, 0.5) is 5.69 Å². The minimum atomic E-state index is 0.822. The number of nitrogens with zero attached hydrogens (tertiary/aromatic N) is 2. The highest BCUT2D eigenvalue weighted by Gasteiger charge is 2.18. The van der Waals surface area contributed by atoms with Crippen LogP contribution in [0.3, 0.4) is 0 Å². The van der Waals surface area contributed by atoms with Gasteiger partial charge in [-0.1, -0.05) is 41.4 Å². The van der Waals surface area contributed by atoms with Crippen molar-refractivity contribution >= 4 is 17.3 Å². The van der Waals surface area contributed by atoms with Crippen molar-refractivity contribution in [1.29, 1.82) is 0 Å². The van der Waals surface area contributed by atoms with Crippen molar-refractivity contribution < 1.29 is 0 Å². The zero-order valence-electron chi connectivity index (χ0n) is 14.1. The average molecular weight is 329 g/mol. The molecule has 0 saturated carbocycles. The summed E-state index contributed by atoms with van der Waals surface area (Å²) in [6.45, 7) is 9.89. The van der Waals surface area contributed by atoms with Crippen molar-refractivity contribution in [3.8, 4) is 0 Å². The van der Waals surface area contributed by atoms with Crippen LogP contribution < -0.4 is 4.90 Å². The minimum Gasteiger partial charge on any atom is -0.369 e. The van der Waals surface area contributed by atoms with E-state index in [2.05, 4.69) is 60.0 Å². The predicted molar refractivity (Wildman–Crippen MR) is 99.7 cm³/mol. The second-order valence-electron chi connectivity index (χ2n) is 6.50. The van der Waals surface area contributed by atoms with Crippen LogP contribution >= 0.6 is 11.6 Å². The molecule has 0 atom stereocenters. The SMILES string of the molecule is Cc1ccc(CCN2CCN(c3ccc(Cl)cc3C)CC2)cc1. The highest BCUT2D eigenvalue weighted by atomic mass is 35.5. The second-order valence-corrected chi connectivity index (χ2v) is 6.93. The highest BCUT2D eigenvalue weighted by molar-refractivity contribution is 6.30. The van der Waals surface area contributed by atoms with Gasteiger partial charge in [0.05, 0.1) is 0 Å². The maximum absolute atomic E-state index is 6.06. The summed E-state index contributed by atoms with van der Waals surface area (Å²) in [5, 5.41) is 0.822. The van der Waals surface area contributed by atoms with Crippen molar-refractivity contribution in [2.45, 2.75) is 20.3 Å². The summed E-state index contributed by atoms with van der Waals surface area (Å²) in [4.78, 5) is 5.05. The van der Waals surface area contributed by atoms with E-state index in [0.29, 0.717) is 0 Å². The molecule has 2 aromatic carbocycles. The normalized spacial score (nSPS) is 15.9. The number of hydrogen-bond acceptors (Lipinski definition) is 2. The smallest absolute Gasteiger partial charge is 0.0410 e. The zero-order valence-corrected chi connectivity index (χ0v) is 14.8. The molecule has 1 aliphatic heterocycles. The first kappa shape index (κ1) is 16.4. The molecule has 1 saturated heterocycles. The Balaban J connectivity index is 1.51. The number of hydrogen-bond donors (Lipinski definition) is 0. The lowest BCUT2D eigenvalue weighted by Gasteiger charge is -2.36. The maximum atomic E-state index is 6.06. The molecule has 0 aromatic heterocycles. The van der Waals surface area contributed by atoms with E-state index in [1.165, 1.54) is 22.4 Å². The van der Waals surface area contributed by atoms with Gasteiger partial charge in [-0.05, 0) is 49.6 Å². The standard InChI is InChI=1S/C20H25ClN2/c1-16-3-5-18(6-4-16)9-10-22-11-13-23(14-12-22)20-8-7-19(21)15-17(20)2/h3-8,15H,9-14H2,1-2H3. The lowest BCUT2D eigenvalue weighted by Crippen LogP contribution is -2.47. The van der Waals surface area contributed by atoms with Gasteiger partial charge in [-0.2, -0.15) is 0 Å². The van der Waals surface area contributed by atoms with E-state index in [-0.39, 0.29) is 0 Å².